The number of furan rings is 1. The molecule has 0 bridgehead atoms. The van der Waals surface area contributed by atoms with E-state index in [-0.39, 0.29) is 11.9 Å². The molecule has 0 aliphatic rings. The van der Waals surface area contributed by atoms with Gasteiger partial charge in [0.25, 0.3) is 5.91 Å². The van der Waals surface area contributed by atoms with Gasteiger partial charge in [-0.15, -0.1) is 0 Å². The van der Waals surface area contributed by atoms with Crippen LogP contribution in [0.4, 0.5) is 0 Å². The average Bonchev–Trinajstić information content (AvgIpc) is 2.91. The van der Waals surface area contributed by atoms with E-state index < -0.39 is 0 Å². The van der Waals surface area contributed by atoms with E-state index in [1.165, 1.54) is 0 Å². The Hall–Kier alpha value is -1.11. The van der Waals surface area contributed by atoms with Gasteiger partial charge in [0.15, 0.2) is 0 Å². The second-order valence-electron chi connectivity index (χ2n) is 4.86. The highest BCUT2D eigenvalue weighted by molar-refractivity contribution is 9.11. The fraction of sp³-hybridized carbons (Fsp3) is 0.267. The van der Waals surface area contributed by atoms with Gasteiger partial charge in [-0.05, 0) is 44.4 Å². The molecule has 6 heteroatoms. The number of halogens is 2. The lowest BCUT2D eigenvalue weighted by atomic mass is 10.2. The van der Waals surface area contributed by atoms with Crippen LogP contribution in [0.25, 0.3) is 0 Å². The molecule has 4 nitrogen and oxygen atoms in total. The summed E-state index contributed by atoms with van der Waals surface area (Å²) in [6, 6.07) is 9.22. The molecule has 1 atom stereocenters. The minimum atomic E-state index is -0.115. The zero-order valence-corrected chi connectivity index (χ0v) is 14.9. The monoisotopic (exact) mass is 414 g/mol. The molecule has 0 radical (unpaired) electrons. The predicted octanol–water partition coefficient (Wildman–Crippen LogP) is 3.84. The summed E-state index contributed by atoms with van der Waals surface area (Å²) in [6.07, 6.45) is 1.64. The molecule has 112 valence electrons. The van der Waals surface area contributed by atoms with E-state index in [1.807, 2.05) is 37.2 Å². The molecule has 1 aromatic heterocycles. The van der Waals surface area contributed by atoms with Gasteiger partial charge in [-0.1, -0.05) is 31.9 Å². The third-order valence-electron chi connectivity index (χ3n) is 3.08. The fourth-order valence-corrected chi connectivity index (χ4v) is 3.29. The third-order valence-corrected chi connectivity index (χ3v) is 3.99. The van der Waals surface area contributed by atoms with Crippen molar-refractivity contribution < 1.29 is 9.21 Å². The van der Waals surface area contributed by atoms with Gasteiger partial charge in [0.1, 0.15) is 5.76 Å². The molecule has 0 spiro atoms. The molecular formula is C15H16Br2N2O2. The maximum absolute atomic E-state index is 12.2. The van der Waals surface area contributed by atoms with E-state index in [0.29, 0.717) is 12.1 Å². The zero-order chi connectivity index (χ0) is 15.4. The number of likely N-dealkylation sites (N-methyl/N-ethyl adjacent to an activating group) is 1. The molecule has 0 fully saturated rings. The first-order chi connectivity index (χ1) is 9.97. The Kier molecular flexibility index (Phi) is 5.61. The molecular weight excluding hydrogens is 400 g/mol. The summed E-state index contributed by atoms with van der Waals surface area (Å²) in [7, 11) is 3.91. The minimum absolute atomic E-state index is 0.000423. The topological polar surface area (TPSA) is 45.5 Å². The van der Waals surface area contributed by atoms with Crippen LogP contribution in [-0.2, 0) is 0 Å². The number of carbonyl (C=O) groups is 1. The highest BCUT2D eigenvalue weighted by Crippen LogP contribution is 2.21. The van der Waals surface area contributed by atoms with Crippen LogP contribution in [0.5, 0.6) is 0 Å². The van der Waals surface area contributed by atoms with Crippen LogP contribution in [0.2, 0.25) is 0 Å². The minimum Gasteiger partial charge on any atom is -0.468 e. The van der Waals surface area contributed by atoms with Gasteiger partial charge in [-0.2, -0.15) is 0 Å². The van der Waals surface area contributed by atoms with Crippen molar-refractivity contribution in [1.82, 2.24) is 10.2 Å². The molecule has 1 unspecified atom stereocenters. The third kappa shape index (κ3) is 4.43. The normalized spacial score (nSPS) is 12.4. The standard InChI is InChI=1S/C15H16Br2N2O2/c1-19(2)13(14-4-3-5-21-14)9-18-15(20)10-6-11(16)8-12(17)7-10/h3-8,13H,9H2,1-2H3,(H,18,20). The number of amides is 1. The van der Waals surface area contributed by atoms with Crippen LogP contribution in [0.1, 0.15) is 22.2 Å². The van der Waals surface area contributed by atoms with Crippen molar-refractivity contribution in [1.29, 1.82) is 0 Å². The molecule has 21 heavy (non-hydrogen) atoms. The Morgan fingerprint density at radius 3 is 2.48 bits per heavy atom. The summed E-state index contributed by atoms with van der Waals surface area (Å²) >= 11 is 6.77. The van der Waals surface area contributed by atoms with E-state index in [1.54, 1.807) is 18.4 Å². The van der Waals surface area contributed by atoms with Crippen molar-refractivity contribution in [3.05, 3.63) is 56.9 Å². The van der Waals surface area contributed by atoms with Crippen molar-refractivity contribution in [2.45, 2.75) is 6.04 Å². The summed E-state index contributed by atoms with van der Waals surface area (Å²) in [6.45, 7) is 0.476. The highest BCUT2D eigenvalue weighted by Gasteiger charge is 2.18. The Morgan fingerprint density at radius 1 is 1.29 bits per heavy atom. The molecule has 0 saturated carbocycles. The van der Waals surface area contributed by atoms with Crippen LogP contribution in [0.15, 0.2) is 50.0 Å². The number of rotatable bonds is 5. The Labute approximate surface area is 140 Å². The van der Waals surface area contributed by atoms with E-state index in [4.69, 9.17) is 4.42 Å². The zero-order valence-electron chi connectivity index (χ0n) is 11.8. The molecule has 1 N–H and O–H groups in total. The summed E-state index contributed by atoms with van der Waals surface area (Å²) < 4.78 is 7.14. The van der Waals surface area contributed by atoms with E-state index in [9.17, 15) is 4.79 Å². The second kappa shape index (κ2) is 7.24. The van der Waals surface area contributed by atoms with Crippen LogP contribution in [0.3, 0.4) is 0 Å². The smallest absolute Gasteiger partial charge is 0.251 e. The molecule has 2 rings (SSSR count). The first kappa shape index (κ1) is 16.3. The number of nitrogens with one attached hydrogen (secondary N) is 1. The van der Waals surface area contributed by atoms with Gasteiger partial charge in [-0.3, -0.25) is 9.69 Å². The maximum Gasteiger partial charge on any atom is 0.251 e. The summed E-state index contributed by atoms with van der Waals surface area (Å²) in [5.74, 6) is 0.714. The van der Waals surface area contributed by atoms with Gasteiger partial charge in [0, 0.05) is 21.1 Å². The maximum atomic E-state index is 12.2. The molecule has 0 aliphatic carbocycles. The second-order valence-corrected chi connectivity index (χ2v) is 6.69. The lowest BCUT2D eigenvalue weighted by molar-refractivity contribution is 0.0939. The van der Waals surface area contributed by atoms with Crippen molar-refractivity contribution >= 4 is 37.8 Å². The van der Waals surface area contributed by atoms with Crippen molar-refractivity contribution in [2.24, 2.45) is 0 Å². The number of carbonyl (C=O) groups excluding carboxylic acids is 1. The predicted molar refractivity (Wildman–Crippen MR) is 89.3 cm³/mol. The van der Waals surface area contributed by atoms with Gasteiger partial charge in [0.2, 0.25) is 0 Å². The van der Waals surface area contributed by atoms with Crippen LogP contribution in [0, 0.1) is 0 Å². The number of hydrogen-bond donors (Lipinski definition) is 1. The van der Waals surface area contributed by atoms with Crippen LogP contribution in [-0.4, -0.2) is 31.4 Å². The van der Waals surface area contributed by atoms with E-state index in [0.717, 1.165) is 14.7 Å². The van der Waals surface area contributed by atoms with Gasteiger partial charge >= 0.3 is 0 Å². The van der Waals surface area contributed by atoms with Crippen LogP contribution < -0.4 is 5.32 Å². The summed E-state index contributed by atoms with van der Waals surface area (Å²) in [4.78, 5) is 14.3. The van der Waals surface area contributed by atoms with Crippen molar-refractivity contribution in [3.63, 3.8) is 0 Å². The lowest BCUT2D eigenvalue weighted by Crippen LogP contribution is -2.34. The number of hydrogen-bond acceptors (Lipinski definition) is 3. The molecule has 0 aliphatic heterocycles. The largest absolute Gasteiger partial charge is 0.468 e. The molecule has 2 aromatic rings. The molecule has 1 aromatic carbocycles. The van der Waals surface area contributed by atoms with E-state index >= 15 is 0 Å². The lowest BCUT2D eigenvalue weighted by Gasteiger charge is -2.22. The summed E-state index contributed by atoms with van der Waals surface area (Å²) in [5, 5.41) is 2.94. The van der Waals surface area contributed by atoms with Gasteiger partial charge in [-0.25, -0.2) is 0 Å². The Morgan fingerprint density at radius 2 is 1.95 bits per heavy atom. The van der Waals surface area contributed by atoms with E-state index in [2.05, 4.69) is 37.2 Å². The highest BCUT2D eigenvalue weighted by atomic mass is 79.9. The first-order valence-corrected chi connectivity index (χ1v) is 8.00. The number of benzene rings is 1. The fourth-order valence-electron chi connectivity index (χ4n) is 1.99. The first-order valence-electron chi connectivity index (χ1n) is 6.41. The Balaban J connectivity index is 2.05. The summed E-state index contributed by atoms with van der Waals surface area (Å²) in [5.41, 5.74) is 0.605. The SMILES string of the molecule is CN(C)C(CNC(=O)c1cc(Br)cc(Br)c1)c1ccco1. The molecule has 0 saturated heterocycles. The number of nitrogens with zero attached hydrogens (tertiary/aromatic N) is 1. The van der Waals surface area contributed by atoms with Gasteiger partial charge in [0.05, 0.1) is 12.3 Å². The quantitative estimate of drug-likeness (QED) is 0.806. The molecule has 1 amide bonds. The molecule has 1 heterocycles. The van der Waals surface area contributed by atoms with Gasteiger partial charge < -0.3 is 9.73 Å². The van der Waals surface area contributed by atoms with Crippen molar-refractivity contribution in [2.75, 3.05) is 20.6 Å². The average molecular weight is 416 g/mol. The van der Waals surface area contributed by atoms with Crippen LogP contribution >= 0.6 is 31.9 Å². The Bertz CT molecular complexity index is 592. The van der Waals surface area contributed by atoms with Crippen molar-refractivity contribution in [3.8, 4) is 0 Å².